The van der Waals surface area contributed by atoms with Crippen LogP contribution in [0.2, 0.25) is 5.02 Å². The van der Waals surface area contributed by atoms with Gasteiger partial charge in [-0.3, -0.25) is 4.79 Å². The highest BCUT2D eigenvalue weighted by Gasteiger charge is 2.29. The zero-order chi connectivity index (χ0) is 21.9. The summed E-state index contributed by atoms with van der Waals surface area (Å²) in [6.45, 7) is 3.05. The van der Waals surface area contributed by atoms with Crippen LogP contribution in [0.4, 0.5) is 4.79 Å². The van der Waals surface area contributed by atoms with Crippen molar-refractivity contribution in [3.8, 4) is 17.2 Å². The third kappa shape index (κ3) is 7.29. The Morgan fingerprint density at radius 2 is 1.60 bits per heavy atom. The number of benzene rings is 2. The van der Waals surface area contributed by atoms with Crippen molar-refractivity contribution in [2.45, 2.75) is 19.9 Å². The van der Waals surface area contributed by atoms with Crippen LogP contribution in [-0.2, 0) is 19.1 Å². The van der Waals surface area contributed by atoms with Gasteiger partial charge in [0.25, 0.3) is 5.78 Å². The molecule has 0 aliphatic heterocycles. The van der Waals surface area contributed by atoms with Crippen LogP contribution in [0.1, 0.15) is 13.8 Å². The van der Waals surface area contributed by atoms with Gasteiger partial charge in [0.05, 0.1) is 13.2 Å². The van der Waals surface area contributed by atoms with Crippen molar-refractivity contribution < 1.29 is 33.3 Å². The molecule has 160 valence electrons. The highest BCUT2D eigenvalue weighted by atomic mass is 35.5. The maximum absolute atomic E-state index is 12.2. The number of halogens is 1. The zero-order valence-electron chi connectivity index (χ0n) is 16.6. The molecule has 1 N–H and O–H groups in total. The number of nitrogens with one attached hydrogen (secondary N) is 1. The molecule has 1 amide bonds. The normalized spacial score (nSPS) is 11.2. The maximum atomic E-state index is 12.2. The molecule has 2 aromatic carbocycles. The third-order valence-electron chi connectivity index (χ3n) is 3.63. The Morgan fingerprint density at radius 1 is 0.933 bits per heavy atom. The van der Waals surface area contributed by atoms with Gasteiger partial charge in [-0.15, -0.1) is 0 Å². The quantitative estimate of drug-likeness (QED) is 0.448. The fourth-order valence-corrected chi connectivity index (χ4v) is 2.47. The molecule has 9 heteroatoms. The molecular formula is C21H22ClNO7. The number of carbonyl (C=O) groups excluding carboxylic acids is 3. The van der Waals surface area contributed by atoms with Crippen LogP contribution in [0.5, 0.6) is 17.2 Å². The average molecular weight is 436 g/mol. The number of alkyl carbamates (subject to hydrolysis) is 1. The van der Waals surface area contributed by atoms with E-state index in [4.69, 9.17) is 30.5 Å². The fourth-order valence-electron chi connectivity index (χ4n) is 2.29. The van der Waals surface area contributed by atoms with E-state index in [2.05, 4.69) is 5.32 Å². The number of hydrogen-bond donors (Lipinski definition) is 1. The van der Waals surface area contributed by atoms with Crippen LogP contribution in [0.25, 0.3) is 0 Å². The van der Waals surface area contributed by atoms with Crippen LogP contribution in [0, 0.1) is 0 Å². The van der Waals surface area contributed by atoms with Gasteiger partial charge in [-0.25, -0.2) is 9.59 Å². The molecule has 0 saturated heterocycles. The molecule has 30 heavy (non-hydrogen) atoms. The number of Topliss-reactive ketones (excluding diaryl/α,β-unsaturated/α-hetero) is 1. The SMILES string of the molecule is CCOC(=O)NC(COc1ccc(Oc2cccc(Cl)c2)cc1)C(=O)C(=O)OCC. The first-order valence-electron chi connectivity index (χ1n) is 9.23. The highest BCUT2D eigenvalue weighted by molar-refractivity contribution is 6.36. The molecule has 0 bridgehead atoms. The van der Waals surface area contributed by atoms with Gasteiger partial charge in [-0.05, 0) is 56.3 Å². The number of carbonyl (C=O) groups is 3. The second-order valence-electron chi connectivity index (χ2n) is 5.84. The van der Waals surface area contributed by atoms with Crippen molar-refractivity contribution in [1.82, 2.24) is 5.32 Å². The molecule has 0 spiro atoms. The summed E-state index contributed by atoms with van der Waals surface area (Å²) in [4.78, 5) is 35.6. The molecule has 2 rings (SSSR count). The number of rotatable bonds is 10. The number of esters is 1. The van der Waals surface area contributed by atoms with Gasteiger partial charge in [0, 0.05) is 5.02 Å². The average Bonchev–Trinajstić information content (AvgIpc) is 2.72. The van der Waals surface area contributed by atoms with E-state index < -0.39 is 23.9 Å². The molecule has 0 heterocycles. The Labute approximate surface area is 179 Å². The second-order valence-corrected chi connectivity index (χ2v) is 6.28. The first kappa shape index (κ1) is 23.0. The molecule has 0 aliphatic carbocycles. The molecule has 1 unspecified atom stereocenters. The third-order valence-corrected chi connectivity index (χ3v) is 3.87. The Hall–Kier alpha value is -3.26. The lowest BCUT2D eigenvalue weighted by molar-refractivity contribution is -0.154. The van der Waals surface area contributed by atoms with Gasteiger partial charge < -0.3 is 24.3 Å². The Bertz CT molecular complexity index is 870. The Kier molecular flexibility index (Phi) is 8.96. The summed E-state index contributed by atoms with van der Waals surface area (Å²) >= 11 is 5.93. The monoisotopic (exact) mass is 435 g/mol. The van der Waals surface area contributed by atoms with E-state index in [9.17, 15) is 14.4 Å². The van der Waals surface area contributed by atoms with E-state index >= 15 is 0 Å². The first-order valence-corrected chi connectivity index (χ1v) is 9.61. The van der Waals surface area contributed by atoms with Gasteiger partial charge >= 0.3 is 12.1 Å². The summed E-state index contributed by atoms with van der Waals surface area (Å²) in [5, 5.41) is 2.86. The lowest BCUT2D eigenvalue weighted by atomic mass is 10.2. The molecule has 8 nitrogen and oxygen atoms in total. The number of ketones is 1. The topological polar surface area (TPSA) is 100 Å². The Morgan fingerprint density at radius 3 is 2.23 bits per heavy atom. The van der Waals surface area contributed by atoms with Crippen molar-refractivity contribution in [1.29, 1.82) is 0 Å². The van der Waals surface area contributed by atoms with E-state index in [0.29, 0.717) is 22.3 Å². The summed E-state index contributed by atoms with van der Waals surface area (Å²) < 4.78 is 20.7. The molecule has 1 atom stereocenters. The van der Waals surface area contributed by atoms with E-state index in [-0.39, 0.29) is 19.8 Å². The maximum Gasteiger partial charge on any atom is 0.407 e. The van der Waals surface area contributed by atoms with Gasteiger partial charge in [-0.2, -0.15) is 0 Å². The lowest BCUT2D eigenvalue weighted by Crippen LogP contribution is -2.48. The first-order chi connectivity index (χ1) is 14.4. The predicted octanol–water partition coefficient (Wildman–Crippen LogP) is 3.76. The van der Waals surface area contributed by atoms with Crippen molar-refractivity contribution in [2.75, 3.05) is 19.8 Å². The molecule has 0 saturated carbocycles. The van der Waals surface area contributed by atoms with E-state index in [0.717, 1.165) is 0 Å². The van der Waals surface area contributed by atoms with Crippen LogP contribution in [0.3, 0.4) is 0 Å². The van der Waals surface area contributed by atoms with Crippen molar-refractivity contribution in [2.24, 2.45) is 0 Å². The second kappa shape index (κ2) is 11.7. The minimum Gasteiger partial charge on any atom is -0.491 e. The number of amides is 1. The van der Waals surface area contributed by atoms with Crippen LogP contribution in [0.15, 0.2) is 48.5 Å². The van der Waals surface area contributed by atoms with Gasteiger partial charge in [-0.1, -0.05) is 17.7 Å². The zero-order valence-corrected chi connectivity index (χ0v) is 17.3. The van der Waals surface area contributed by atoms with Crippen molar-refractivity contribution in [3.63, 3.8) is 0 Å². The summed E-state index contributed by atoms with van der Waals surface area (Å²) in [7, 11) is 0. The number of hydrogen-bond acceptors (Lipinski definition) is 7. The van der Waals surface area contributed by atoms with Crippen LogP contribution >= 0.6 is 11.6 Å². The summed E-state index contributed by atoms with van der Waals surface area (Å²) in [6.07, 6.45) is -0.839. The standard InChI is InChI=1S/C21H22ClNO7/c1-3-27-20(25)19(24)18(23-21(26)28-4-2)13-29-15-8-10-16(11-9-15)30-17-7-5-6-14(22)12-17/h5-12,18H,3-4,13H2,1-2H3,(H,23,26). The molecule has 0 fully saturated rings. The molecule has 2 aromatic rings. The molecular weight excluding hydrogens is 414 g/mol. The van der Waals surface area contributed by atoms with Gasteiger partial charge in [0.2, 0.25) is 0 Å². The van der Waals surface area contributed by atoms with Gasteiger partial charge in [0.1, 0.15) is 29.9 Å². The summed E-state index contributed by atoms with van der Waals surface area (Å²) in [6, 6.07) is 12.3. The number of ether oxygens (including phenoxy) is 4. The Balaban J connectivity index is 2.00. The van der Waals surface area contributed by atoms with Crippen molar-refractivity contribution >= 4 is 29.4 Å². The molecule has 0 aromatic heterocycles. The van der Waals surface area contributed by atoms with E-state index in [1.807, 2.05) is 0 Å². The van der Waals surface area contributed by atoms with Gasteiger partial charge in [0.15, 0.2) is 0 Å². The highest BCUT2D eigenvalue weighted by Crippen LogP contribution is 2.25. The smallest absolute Gasteiger partial charge is 0.407 e. The summed E-state index contributed by atoms with van der Waals surface area (Å²) in [5.74, 6) is -0.469. The van der Waals surface area contributed by atoms with E-state index in [1.165, 1.54) is 0 Å². The van der Waals surface area contributed by atoms with E-state index in [1.54, 1.807) is 62.4 Å². The minimum atomic E-state index is -1.26. The fraction of sp³-hybridized carbons (Fsp3) is 0.286. The largest absolute Gasteiger partial charge is 0.491 e. The predicted molar refractivity (Wildman–Crippen MR) is 109 cm³/mol. The lowest BCUT2D eigenvalue weighted by Gasteiger charge is -2.17. The summed E-state index contributed by atoms with van der Waals surface area (Å²) in [5.41, 5.74) is 0. The van der Waals surface area contributed by atoms with Crippen LogP contribution < -0.4 is 14.8 Å². The minimum absolute atomic E-state index is 0.0334. The van der Waals surface area contributed by atoms with Crippen LogP contribution in [-0.4, -0.2) is 43.7 Å². The molecule has 0 radical (unpaired) electrons. The molecule has 0 aliphatic rings. The van der Waals surface area contributed by atoms with Crippen molar-refractivity contribution in [3.05, 3.63) is 53.6 Å².